The molecule has 2 heterocycles. The molecular formula is C52H36N2S2. The van der Waals surface area contributed by atoms with Crippen molar-refractivity contribution in [3.63, 3.8) is 0 Å². The second-order valence-electron chi connectivity index (χ2n) is 13.9. The van der Waals surface area contributed by atoms with Gasteiger partial charge in [0.25, 0.3) is 0 Å². The van der Waals surface area contributed by atoms with Crippen LogP contribution in [0.1, 0.15) is 11.1 Å². The van der Waals surface area contributed by atoms with E-state index in [9.17, 15) is 0 Å². The van der Waals surface area contributed by atoms with Gasteiger partial charge < -0.3 is 10.6 Å². The van der Waals surface area contributed by atoms with Gasteiger partial charge in [0.1, 0.15) is 0 Å². The summed E-state index contributed by atoms with van der Waals surface area (Å²) in [6.45, 7) is 9.01. The predicted octanol–water partition coefficient (Wildman–Crippen LogP) is 15.7. The lowest BCUT2D eigenvalue weighted by Gasteiger charge is -2.31. The first kappa shape index (κ1) is 34.1. The van der Waals surface area contributed by atoms with Gasteiger partial charge in [-0.2, -0.15) is 0 Å². The van der Waals surface area contributed by atoms with Gasteiger partial charge in [-0.25, -0.2) is 0 Å². The van der Waals surface area contributed by atoms with Crippen molar-refractivity contribution < 1.29 is 0 Å². The molecule has 56 heavy (non-hydrogen) atoms. The van der Waals surface area contributed by atoms with E-state index in [1.54, 1.807) is 0 Å². The van der Waals surface area contributed by atoms with Gasteiger partial charge in [-0.1, -0.05) is 182 Å². The van der Waals surface area contributed by atoms with Crippen LogP contribution in [0.2, 0.25) is 0 Å². The van der Waals surface area contributed by atoms with E-state index in [0.29, 0.717) is 0 Å². The molecule has 0 aromatic heterocycles. The molecule has 10 rings (SSSR count). The minimum absolute atomic E-state index is 1.08. The van der Waals surface area contributed by atoms with Gasteiger partial charge in [-0.3, -0.25) is 0 Å². The summed E-state index contributed by atoms with van der Waals surface area (Å²) < 4.78 is 0. The number of hydrogen-bond acceptors (Lipinski definition) is 4. The SMILES string of the molecule is C=Cc1c(-c2ccccc2)cc2c(c1-c1cccc(-c3ccccc3)c1-c1c(C=C)c(-c3ccccc3)cc3c1Nc1ccccc1S3)Nc1ccccc1S2. The fourth-order valence-corrected chi connectivity index (χ4v) is 10.2. The Morgan fingerprint density at radius 2 is 0.768 bits per heavy atom. The third-order valence-corrected chi connectivity index (χ3v) is 12.9. The van der Waals surface area contributed by atoms with Crippen molar-refractivity contribution in [1.82, 2.24) is 0 Å². The number of benzene rings is 8. The largest absolute Gasteiger partial charge is 0.353 e. The number of nitrogens with one attached hydrogen (secondary N) is 2. The van der Waals surface area contributed by atoms with Gasteiger partial charge in [0.15, 0.2) is 0 Å². The van der Waals surface area contributed by atoms with Crippen molar-refractivity contribution in [2.45, 2.75) is 19.6 Å². The fraction of sp³-hybridized carbons (Fsp3) is 0. The minimum atomic E-state index is 1.08. The van der Waals surface area contributed by atoms with Gasteiger partial charge in [0.2, 0.25) is 0 Å². The van der Waals surface area contributed by atoms with Crippen molar-refractivity contribution in [3.05, 3.63) is 194 Å². The molecule has 0 amide bonds. The Bertz CT molecular complexity index is 2830. The Hall–Kier alpha value is -6.46. The topological polar surface area (TPSA) is 24.1 Å². The molecule has 4 heteroatoms. The van der Waals surface area contributed by atoms with E-state index >= 15 is 0 Å². The van der Waals surface area contributed by atoms with Crippen LogP contribution in [0.25, 0.3) is 67.8 Å². The molecule has 0 atom stereocenters. The number of fused-ring (bicyclic) bond motifs is 4. The van der Waals surface area contributed by atoms with Gasteiger partial charge in [-0.05, 0) is 86.5 Å². The summed E-state index contributed by atoms with van der Waals surface area (Å²) in [7, 11) is 0. The lowest BCUT2D eigenvalue weighted by molar-refractivity contribution is 1.30. The van der Waals surface area contributed by atoms with E-state index in [1.165, 1.54) is 19.6 Å². The van der Waals surface area contributed by atoms with Gasteiger partial charge >= 0.3 is 0 Å². The summed E-state index contributed by atoms with van der Waals surface area (Å²) in [5.41, 5.74) is 17.9. The van der Waals surface area contributed by atoms with E-state index in [-0.39, 0.29) is 0 Å². The maximum absolute atomic E-state index is 4.52. The molecule has 0 aliphatic carbocycles. The highest BCUT2D eigenvalue weighted by molar-refractivity contribution is 8.00. The third kappa shape index (κ3) is 5.77. The summed E-state index contributed by atoms with van der Waals surface area (Å²) in [6.07, 6.45) is 4.09. The first-order chi connectivity index (χ1) is 27.7. The van der Waals surface area contributed by atoms with Crippen molar-refractivity contribution in [2.75, 3.05) is 10.6 Å². The van der Waals surface area contributed by atoms with Gasteiger partial charge in [0, 0.05) is 36.3 Å². The smallest absolute Gasteiger partial charge is 0.0613 e. The highest BCUT2D eigenvalue weighted by Gasteiger charge is 2.31. The van der Waals surface area contributed by atoms with E-state index < -0.39 is 0 Å². The number of rotatable bonds is 7. The molecule has 0 radical (unpaired) electrons. The maximum Gasteiger partial charge on any atom is 0.0613 e. The average molecular weight is 753 g/mol. The van der Waals surface area contributed by atoms with Gasteiger partial charge in [0.05, 0.1) is 22.7 Å². The zero-order valence-electron chi connectivity index (χ0n) is 30.6. The zero-order chi connectivity index (χ0) is 37.6. The summed E-state index contributed by atoms with van der Waals surface area (Å²) in [5.74, 6) is 0. The van der Waals surface area contributed by atoms with Crippen LogP contribution in [0, 0.1) is 0 Å². The Morgan fingerprint density at radius 3 is 1.27 bits per heavy atom. The van der Waals surface area contributed by atoms with Crippen LogP contribution in [-0.4, -0.2) is 0 Å². The Labute approximate surface area is 336 Å². The van der Waals surface area contributed by atoms with Crippen LogP contribution < -0.4 is 10.6 Å². The Kier molecular flexibility index (Phi) is 8.71. The molecule has 0 saturated carbocycles. The van der Waals surface area contributed by atoms with E-state index in [0.717, 1.165) is 89.5 Å². The van der Waals surface area contributed by atoms with Crippen molar-refractivity contribution >= 4 is 58.4 Å². The first-order valence-corrected chi connectivity index (χ1v) is 20.4. The number of hydrogen-bond donors (Lipinski definition) is 2. The van der Waals surface area contributed by atoms with Crippen LogP contribution in [0.15, 0.2) is 203 Å². The lowest BCUT2D eigenvalue weighted by atomic mass is 9.80. The monoisotopic (exact) mass is 752 g/mol. The Morgan fingerprint density at radius 1 is 0.357 bits per heavy atom. The predicted molar refractivity (Wildman–Crippen MR) is 241 cm³/mol. The van der Waals surface area contributed by atoms with Crippen LogP contribution >= 0.6 is 23.5 Å². The highest BCUT2D eigenvalue weighted by Crippen LogP contribution is 2.58. The van der Waals surface area contributed by atoms with E-state index in [2.05, 4.69) is 194 Å². The molecule has 2 aliphatic heterocycles. The molecule has 2 N–H and O–H groups in total. The standard InChI is InChI=1S/C52H36N2S2/c1-3-36-40(34-21-10-6-11-22-34)31-46-51(53-42-27-14-16-29-44(42)55-46)49(36)39-26-18-25-38(33-19-8-5-9-20-33)48(39)50-37(4-2)41(35-23-12-7-13-24-35)32-47-52(50)54-43-28-15-17-30-45(43)56-47/h3-32,53-54H,1-2H2. The average Bonchev–Trinajstić information content (AvgIpc) is 3.27. The second-order valence-corrected chi connectivity index (χ2v) is 16.0. The van der Waals surface area contributed by atoms with Crippen LogP contribution in [0.5, 0.6) is 0 Å². The fourth-order valence-electron chi connectivity index (χ4n) is 8.15. The summed E-state index contributed by atoms with van der Waals surface area (Å²) in [5, 5.41) is 7.88. The second kappa shape index (κ2) is 14.3. The summed E-state index contributed by atoms with van der Waals surface area (Å²) in [4.78, 5) is 4.74. The molecule has 0 fully saturated rings. The molecule has 0 saturated heterocycles. The minimum Gasteiger partial charge on any atom is -0.353 e. The molecule has 2 aliphatic rings. The van der Waals surface area contributed by atoms with E-state index in [4.69, 9.17) is 0 Å². The number of para-hydroxylation sites is 2. The molecule has 8 aromatic carbocycles. The van der Waals surface area contributed by atoms with Crippen LogP contribution in [0.4, 0.5) is 22.7 Å². The molecule has 2 nitrogen and oxygen atoms in total. The zero-order valence-corrected chi connectivity index (χ0v) is 32.2. The molecule has 0 bridgehead atoms. The van der Waals surface area contributed by atoms with Crippen LogP contribution in [0.3, 0.4) is 0 Å². The first-order valence-electron chi connectivity index (χ1n) is 18.7. The molecule has 266 valence electrons. The van der Waals surface area contributed by atoms with E-state index in [1.807, 2.05) is 35.7 Å². The Balaban J connectivity index is 1.37. The summed E-state index contributed by atoms with van der Waals surface area (Å²) >= 11 is 3.63. The quantitative estimate of drug-likeness (QED) is 0.169. The summed E-state index contributed by atoms with van der Waals surface area (Å²) in [6, 6.07) is 60.8. The van der Waals surface area contributed by atoms with Crippen LogP contribution in [-0.2, 0) is 0 Å². The number of anilines is 4. The van der Waals surface area contributed by atoms with Crippen molar-refractivity contribution in [2.24, 2.45) is 0 Å². The molecule has 0 unspecified atom stereocenters. The molecular weight excluding hydrogens is 717 g/mol. The molecule has 0 spiro atoms. The lowest BCUT2D eigenvalue weighted by Crippen LogP contribution is -2.08. The van der Waals surface area contributed by atoms with Gasteiger partial charge in [-0.15, -0.1) is 0 Å². The van der Waals surface area contributed by atoms with Crippen molar-refractivity contribution in [3.8, 4) is 55.6 Å². The highest BCUT2D eigenvalue weighted by atomic mass is 32.2. The third-order valence-electron chi connectivity index (χ3n) is 10.6. The van der Waals surface area contributed by atoms with Crippen molar-refractivity contribution in [1.29, 1.82) is 0 Å². The molecule has 8 aromatic rings. The normalized spacial score (nSPS) is 12.2. The maximum atomic E-state index is 4.52.